The van der Waals surface area contributed by atoms with Gasteiger partial charge in [0, 0.05) is 18.8 Å². The summed E-state index contributed by atoms with van der Waals surface area (Å²) in [6.45, 7) is 6.02. The smallest absolute Gasteiger partial charge is 0.380 e. The number of aliphatic hydroxyl groups is 2. The number of hydrogen-bond donors (Lipinski definition) is 2. The fraction of sp³-hybridized carbons (Fsp3) is 0.792. The molecule has 1 saturated carbocycles. The molecule has 0 spiro atoms. The molecule has 172 valence electrons. The Hall–Kier alpha value is -1.53. The van der Waals surface area contributed by atoms with Crippen LogP contribution in [0.15, 0.2) is 12.2 Å². The van der Waals surface area contributed by atoms with Crippen molar-refractivity contribution in [2.24, 2.45) is 17.8 Å². The monoisotopic (exact) mass is 424 g/mol. The van der Waals surface area contributed by atoms with Crippen LogP contribution in [0.25, 0.3) is 0 Å². The molecule has 0 bridgehead atoms. The van der Waals surface area contributed by atoms with E-state index in [1.807, 2.05) is 0 Å². The first kappa shape index (κ1) is 26.5. The molecule has 0 aromatic heterocycles. The maximum Gasteiger partial charge on any atom is 0.380 e. The molecule has 0 aromatic carbocycles. The molecule has 6 heteroatoms. The van der Waals surface area contributed by atoms with Gasteiger partial charge in [-0.25, -0.2) is 4.79 Å². The Bertz CT molecular complexity index is 580. The SMILES string of the molecule is CCCCC(C)CC=C[C@H]1CCC(=O)[C@@H]1CCCCCC(O)(O)C(=O)C(=O)OCC. The second-order valence-corrected chi connectivity index (χ2v) is 8.65. The Balaban J connectivity index is 2.37. The molecular weight excluding hydrogens is 384 g/mol. The number of Topliss-reactive ketones (excluding diaryl/α,β-unsaturated/α-hetero) is 2. The number of carbonyl (C=O) groups excluding carboxylic acids is 3. The van der Waals surface area contributed by atoms with E-state index in [-0.39, 0.29) is 18.9 Å². The zero-order chi connectivity index (χ0) is 22.6. The fourth-order valence-corrected chi connectivity index (χ4v) is 4.08. The molecule has 1 unspecified atom stereocenters. The van der Waals surface area contributed by atoms with Crippen molar-refractivity contribution >= 4 is 17.5 Å². The van der Waals surface area contributed by atoms with Crippen molar-refractivity contribution in [2.75, 3.05) is 6.61 Å². The Morgan fingerprint density at radius 1 is 1.20 bits per heavy atom. The third-order valence-electron chi connectivity index (χ3n) is 5.99. The maximum atomic E-state index is 12.3. The molecule has 0 amide bonds. The Morgan fingerprint density at radius 2 is 1.93 bits per heavy atom. The lowest BCUT2D eigenvalue weighted by Crippen LogP contribution is -2.43. The molecule has 1 rings (SSSR count). The fourth-order valence-electron chi connectivity index (χ4n) is 4.08. The van der Waals surface area contributed by atoms with Crippen LogP contribution < -0.4 is 0 Å². The highest BCUT2D eigenvalue weighted by atomic mass is 16.6. The zero-order valence-corrected chi connectivity index (χ0v) is 18.9. The first-order valence-corrected chi connectivity index (χ1v) is 11.6. The Morgan fingerprint density at radius 3 is 2.60 bits per heavy atom. The highest BCUT2D eigenvalue weighted by Gasteiger charge is 2.38. The van der Waals surface area contributed by atoms with Crippen LogP contribution >= 0.6 is 0 Å². The van der Waals surface area contributed by atoms with Crippen LogP contribution in [0, 0.1) is 17.8 Å². The molecule has 0 aromatic rings. The van der Waals surface area contributed by atoms with Gasteiger partial charge in [0.05, 0.1) is 6.61 Å². The van der Waals surface area contributed by atoms with Gasteiger partial charge < -0.3 is 14.9 Å². The molecule has 6 nitrogen and oxygen atoms in total. The number of ketones is 2. The van der Waals surface area contributed by atoms with Gasteiger partial charge in [0.15, 0.2) is 0 Å². The molecule has 1 aliphatic rings. The third kappa shape index (κ3) is 9.09. The first-order valence-electron chi connectivity index (χ1n) is 11.6. The lowest BCUT2D eigenvalue weighted by molar-refractivity contribution is -0.193. The maximum absolute atomic E-state index is 12.3. The van der Waals surface area contributed by atoms with Gasteiger partial charge in [-0.15, -0.1) is 0 Å². The van der Waals surface area contributed by atoms with Crippen molar-refractivity contribution in [2.45, 2.75) is 97.2 Å². The van der Waals surface area contributed by atoms with E-state index in [0.29, 0.717) is 36.9 Å². The molecule has 0 radical (unpaired) electrons. The van der Waals surface area contributed by atoms with Gasteiger partial charge in [0.2, 0.25) is 5.79 Å². The van der Waals surface area contributed by atoms with Gasteiger partial charge in [0.25, 0.3) is 5.78 Å². The number of esters is 1. The number of rotatable bonds is 15. The highest BCUT2D eigenvalue weighted by molar-refractivity contribution is 6.36. The largest absolute Gasteiger partial charge is 0.460 e. The predicted molar refractivity (Wildman–Crippen MR) is 116 cm³/mol. The summed E-state index contributed by atoms with van der Waals surface area (Å²) >= 11 is 0. The van der Waals surface area contributed by atoms with Crippen LogP contribution in [0.4, 0.5) is 0 Å². The summed E-state index contributed by atoms with van der Waals surface area (Å²) in [5.41, 5.74) is 0. The molecular formula is C24H40O6. The molecule has 3 atom stereocenters. The first-order chi connectivity index (χ1) is 14.2. The molecule has 0 heterocycles. The standard InChI is InChI=1S/C24H40O6/c1-4-6-11-18(3)12-10-13-19-15-16-21(25)20(19)14-8-7-9-17-24(28,29)22(26)23(27)30-5-2/h10,13,18-20,28-29H,4-9,11-12,14-17H2,1-3H3/t18?,19-,20+/m0/s1. The Kier molecular flexibility index (Phi) is 12.1. The van der Waals surface area contributed by atoms with Gasteiger partial charge in [-0.05, 0) is 44.4 Å². The van der Waals surface area contributed by atoms with Gasteiger partial charge in [-0.2, -0.15) is 0 Å². The van der Waals surface area contributed by atoms with Gasteiger partial charge in [0.1, 0.15) is 5.78 Å². The summed E-state index contributed by atoms with van der Waals surface area (Å²) in [6.07, 6.45) is 13.2. The van der Waals surface area contributed by atoms with Gasteiger partial charge >= 0.3 is 5.97 Å². The minimum atomic E-state index is -2.69. The molecule has 30 heavy (non-hydrogen) atoms. The minimum absolute atomic E-state index is 0.00331. The summed E-state index contributed by atoms with van der Waals surface area (Å²) < 4.78 is 4.52. The quantitative estimate of drug-likeness (QED) is 0.135. The van der Waals surface area contributed by atoms with Crippen LogP contribution in [-0.4, -0.2) is 40.1 Å². The highest BCUT2D eigenvalue weighted by Crippen LogP contribution is 2.34. The molecule has 2 N–H and O–H groups in total. The van der Waals surface area contributed by atoms with Crippen LogP contribution in [0.2, 0.25) is 0 Å². The topological polar surface area (TPSA) is 101 Å². The van der Waals surface area contributed by atoms with Crippen molar-refractivity contribution in [3.63, 3.8) is 0 Å². The number of allylic oxidation sites excluding steroid dienone is 2. The lowest BCUT2D eigenvalue weighted by Gasteiger charge is -2.19. The molecule has 1 aliphatic carbocycles. The lowest BCUT2D eigenvalue weighted by atomic mass is 9.88. The number of ether oxygens (including phenoxy) is 1. The van der Waals surface area contributed by atoms with E-state index in [4.69, 9.17) is 0 Å². The molecule has 1 fully saturated rings. The van der Waals surface area contributed by atoms with Crippen molar-refractivity contribution in [3.8, 4) is 0 Å². The van der Waals surface area contributed by atoms with Crippen LogP contribution in [0.1, 0.15) is 91.4 Å². The second-order valence-electron chi connectivity index (χ2n) is 8.65. The summed E-state index contributed by atoms with van der Waals surface area (Å²) in [4.78, 5) is 35.3. The van der Waals surface area contributed by atoms with E-state index in [2.05, 4.69) is 30.7 Å². The van der Waals surface area contributed by atoms with Crippen LogP contribution in [-0.2, 0) is 19.1 Å². The van der Waals surface area contributed by atoms with Crippen molar-refractivity contribution < 1.29 is 29.3 Å². The van der Waals surface area contributed by atoms with E-state index >= 15 is 0 Å². The van der Waals surface area contributed by atoms with E-state index in [1.165, 1.54) is 19.3 Å². The predicted octanol–water partition coefficient (Wildman–Crippen LogP) is 4.12. The van der Waals surface area contributed by atoms with Crippen molar-refractivity contribution in [1.29, 1.82) is 0 Å². The van der Waals surface area contributed by atoms with Crippen molar-refractivity contribution in [3.05, 3.63) is 12.2 Å². The van der Waals surface area contributed by atoms with E-state index in [0.717, 1.165) is 25.7 Å². The summed E-state index contributed by atoms with van der Waals surface area (Å²) in [5, 5.41) is 19.6. The average molecular weight is 425 g/mol. The number of carbonyl (C=O) groups is 3. The van der Waals surface area contributed by atoms with Crippen molar-refractivity contribution in [1.82, 2.24) is 0 Å². The zero-order valence-electron chi connectivity index (χ0n) is 18.9. The Labute approximate surface area is 181 Å². The van der Waals surface area contributed by atoms with Crippen LogP contribution in [0.3, 0.4) is 0 Å². The third-order valence-corrected chi connectivity index (χ3v) is 5.99. The normalized spacial score (nSPS) is 20.6. The summed E-state index contributed by atoms with van der Waals surface area (Å²) in [5.74, 6) is -3.90. The van der Waals surface area contributed by atoms with Crippen LogP contribution in [0.5, 0.6) is 0 Å². The summed E-state index contributed by atoms with van der Waals surface area (Å²) in [7, 11) is 0. The molecule has 0 saturated heterocycles. The van der Waals surface area contributed by atoms with E-state index < -0.39 is 17.5 Å². The van der Waals surface area contributed by atoms with E-state index in [9.17, 15) is 24.6 Å². The summed E-state index contributed by atoms with van der Waals surface area (Å²) in [6, 6.07) is 0. The number of hydrogen-bond acceptors (Lipinski definition) is 6. The second kappa shape index (κ2) is 13.7. The minimum Gasteiger partial charge on any atom is -0.460 e. The van der Waals surface area contributed by atoms with E-state index in [1.54, 1.807) is 6.92 Å². The molecule has 0 aliphatic heterocycles. The van der Waals surface area contributed by atoms with Gasteiger partial charge in [-0.1, -0.05) is 58.1 Å². The number of unbranched alkanes of at least 4 members (excludes halogenated alkanes) is 3. The van der Waals surface area contributed by atoms with Gasteiger partial charge in [-0.3, -0.25) is 9.59 Å². The average Bonchev–Trinajstić information content (AvgIpc) is 3.05.